The minimum Gasteiger partial charge on any atom is -0.377 e. The van der Waals surface area contributed by atoms with Gasteiger partial charge >= 0.3 is 0 Å². The topological polar surface area (TPSA) is 86.8 Å². The van der Waals surface area contributed by atoms with E-state index in [2.05, 4.69) is 25.4 Å². The maximum atomic E-state index is 12.5. The Morgan fingerprint density at radius 1 is 1.25 bits per heavy atom. The van der Waals surface area contributed by atoms with Crippen LogP contribution in [0.5, 0.6) is 0 Å². The van der Waals surface area contributed by atoms with E-state index in [4.69, 9.17) is 16.3 Å². The number of piperidine rings is 1. The van der Waals surface area contributed by atoms with Gasteiger partial charge in [-0.05, 0) is 43.7 Å². The monoisotopic (exact) mass is 461 g/mol. The van der Waals surface area contributed by atoms with Crippen LogP contribution in [0.2, 0.25) is 5.15 Å². The molecule has 1 aliphatic carbocycles. The molecule has 174 valence electrons. The molecule has 4 fully saturated rings. The molecule has 1 aromatic heterocycles. The van der Waals surface area contributed by atoms with Gasteiger partial charge in [0.2, 0.25) is 5.91 Å². The molecule has 9 heteroatoms. The Morgan fingerprint density at radius 3 is 2.81 bits per heavy atom. The number of carbonyl (C=O) groups is 2. The fourth-order valence-electron chi connectivity index (χ4n) is 6.06. The molecule has 1 aromatic rings. The lowest BCUT2D eigenvalue weighted by atomic mass is 9.70. The summed E-state index contributed by atoms with van der Waals surface area (Å²) < 4.78 is 5.96. The average molecular weight is 462 g/mol. The predicted octanol–water partition coefficient (Wildman–Crippen LogP) is 1.54. The Balaban J connectivity index is 1.13. The van der Waals surface area contributed by atoms with Gasteiger partial charge in [-0.2, -0.15) is 0 Å². The van der Waals surface area contributed by atoms with E-state index in [0.29, 0.717) is 22.7 Å². The van der Waals surface area contributed by atoms with E-state index in [1.54, 1.807) is 13.1 Å². The number of halogens is 1. The zero-order valence-electron chi connectivity index (χ0n) is 18.6. The van der Waals surface area contributed by atoms with Crippen molar-refractivity contribution in [2.24, 2.45) is 17.8 Å². The van der Waals surface area contributed by atoms with Crippen LogP contribution in [0.4, 0.5) is 5.69 Å². The maximum Gasteiger partial charge on any atom is 0.269 e. The van der Waals surface area contributed by atoms with Gasteiger partial charge in [-0.3, -0.25) is 14.5 Å². The third kappa shape index (κ3) is 4.20. The molecule has 4 aliphatic rings. The molecule has 3 saturated heterocycles. The van der Waals surface area contributed by atoms with Crippen LogP contribution in [-0.4, -0.2) is 80.2 Å². The quantitative estimate of drug-likeness (QED) is 0.661. The van der Waals surface area contributed by atoms with Crippen LogP contribution in [0.3, 0.4) is 0 Å². The van der Waals surface area contributed by atoms with Crippen molar-refractivity contribution >= 4 is 29.1 Å². The number of hydrogen-bond acceptors (Lipinski definition) is 6. The van der Waals surface area contributed by atoms with Crippen molar-refractivity contribution in [3.8, 4) is 0 Å². The maximum absolute atomic E-state index is 12.5. The lowest BCUT2D eigenvalue weighted by molar-refractivity contribution is -0.136. The van der Waals surface area contributed by atoms with Gasteiger partial charge in [-0.15, -0.1) is 0 Å². The Bertz CT molecular complexity index is 875. The number of anilines is 1. The van der Waals surface area contributed by atoms with Crippen molar-refractivity contribution in [1.29, 1.82) is 0 Å². The normalized spacial score (nSPS) is 32.8. The van der Waals surface area contributed by atoms with Gasteiger partial charge in [0.05, 0.1) is 17.7 Å². The van der Waals surface area contributed by atoms with Crippen LogP contribution < -0.4 is 15.5 Å². The number of carbonyl (C=O) groups excluding carboxylic acids is 2. The molecule has 2 amide bonds. The van der Waals surface area contributed by atoms with E-state index in [1.807, 2.05) is 6.07 Å². The van der Waals surface area contributed by atoms with E-state index in [1.165, 1.54) is 6.42 Å². The second-order valence-electron chi connectivity index (χ2n) is 9.56. The van der Waals surface area contributed by atoms with Gasteiger partial charge in [0.25, 0.3) is 5.91 Å². The third-order valence-electron chi connectivity index (χ3n) is 7.75. The number of aromatic nitrogens is 1. The fraction of sp³-hybridized carbons (Fsp3) is 0.696. The number of pyridine rings is 1. The first-order valence-electron chi connectivity index (χ1n) is 11.8. The number of hydrogen-bond donors (Lipinski definition) is 2. The second-order valence-corrected chi connectivity index (χ2v) is 9.92. The fourth-order valence-corrected chi connectivity index (χ4v) is 6.34. The smallest absolute Gasteiger partial charge is 0.269 e. The van der Waals surface area contributed by atoms with Crippen LogP contribution in [0, 0.1) is 17.8 Å². The summed E-state index contributed by atoms with van der Waals surface area (Å²) in [5.74, 6) is 1.14. The number of fused-ring (bicyclic) bond motifs is 3. The first-order valence-corrected chi connectivity index (χ1v) is 12.2. The van der Waals surface area contributed by atoms with Gasteiger partial charge in [-0.25, -0.2) is 4.98 Å². The Morgan fingerprint density at radius 2 is 2.06 bits per heavy atom. The first kappa shape index (κ1) is 21.9. The van der Waals surface area contributed by atoms with E-state index in [9.17, 15) is 9.59 Å². The predicted molar refractivity (Wildman–Crippen MR) is 122 cm³/mol. The molecule has 5 atom stereocenters. The molecule has 8 nitrogen and oxygen atoms in total. The zero-order valence-corrected chi connectivity index (χ0v) is 19.3. The number of rotatable bonds is 4. The molecule has 5 rings (SSSR count). The van der Waals surface area contributed by atoms with Crippen molar-refractivity contribution in [1.82, 2.24) is 20.5 Å². The molecule has 32 heavy (non-hydrogen) atoms. The highest BCUT2D eigenvalue weighted by molar-refractivity contribution is 6.32. The van der Waals surface area contributed by atoms with Crippen LogP contribution >= 0.6 is 11.6 Å². The van der Waals surface area contributed by atoms with Crippen molar-refractivity contribution in [3.05, 3.63) is 23.0 Å². The molecule has 0 aromatic carbocycles. The van der Waals surface area contributed by atoms with Crippen LogP contribution in [-0.2, 0) is 9.53 Å². The standard InChI is InChI=1S/C23H32ClN5O3/c1-25-23(31)17-4-5-19(21(24)26-17)29-9-7-28(8-10-29)13-14-2-3-15-18(12-14)27-22(30)16-6-11-32-20(15)16/h4-5,14-16,18,20H,2-3,6-13H2,1H3,(H,25,31)(H,27,30). The highest BCUT2D eigenvalue weighted by atomic mass is 35.5. The Hall–Kier alpha value is -1.90. The average Bonchev–Trinajstić information content (AvgIpc) is 3.30. The molecule has 0 radical (unpaired) electrons. The number of nitrogens with zero attached hydrogens (tertiary/aromatic N) is 3. The second kappa shape index (κ2) is 9.15. The SMILES string of the molecule is CNC(=O)c1ccc(N2CCN(CC3CCC4C(C3)NC(=O)C3CCOC34)CC2)c(Cl)n1. The summed E-state index contributed by atoms with van der Waals surface area (Å²) in [7, 11) is 1.58. The van der Waals surface area contributed by atoms with Crippen molar-refractivity contribution in [2.45, 2.75) is 37.8 Å². The van der Waals surface area contributed by atoms with Gasteiger partial charge in [-0.1, -0.05) is 11.6 Å². The van der Waals surface area contributed by atoms with E-state index < -0.39 is 0 Å². The summed E-state index contributed by atoms with van der Waals surface area (Å²) in [6, 6.07) is 3.88. The number of ether oxygens (including phenoxy) is 1. The molecule has 0 bridgehead atoms. The molecule has 4 heterocycles. The number of piperazine rings is 1. The van der Waals surface area contributed by atoms with Crippen molar-refractivity contribution < 1.29 is 14.3 Å². The molecule has 3 aliphatic heterocycles. The summed E-state index contributed by atoms with van der Waals surface area (Å²) in [6.45, 7) is 5.51. The summed E-state index contributed by atoms with van der Waals surface area (Å²) in [5, 5.41) is 6.26. The molecule has 5 unspecified atom stereocenters. The lowest BCUT2D eigenvalue weighted by Gasteiger charge is -2.46. The van der Waals surface area contributed by atoms with Gasteiger partial charge in [0, 0.05) is 58.3 Å². The number of nitrogens with one attached hydrogen (secondary N) is 2. The third-order valence-corrected chi connectivity index (χ3v) is 8.03. The minimum atomic E-state index is -0.234. The van der Waals surface area contributed by atoms with Crippen molar-refractivity contribution in [3.63, 3.8) is 0 Å². The van der Waals surface area contributed by atoms with E-state index in [-0.39, 0.29) is 29.9 Å². The molecule has 2 N–H and O–H groups in total. The molecule has 0 spiro atoms. The van der Waals surface area contributed by atoms with E-state index in [0.717, 1.165) is 64.3 Å². The largest absolute Gasteiger partial charge is 0.377 e. The van der Waals surface area contributed by atoms with Gasteiger partial charge < -0.3 is 20.3 Å². The zero-order chi connectivity index (χ0) is 22.2. The summed E-state index contributed by atoms with van der Waals surface area (Å²) in [6.07, 6.45) is 4.43. The van der Waals surface area contributed by atoms with Crippen molar-refractivity contribution in [2.75, 3.05) is 51.3 Å². The summed E-state index contributed by atoms with van der Waals surface area (Å²) in [4.78, 5) is 33.2. The number of amides is 2. The minimum absolute atomic E-state index is 0.0765. The highest BCUT2D eigenvalue weighted by Crippen LogP contribution is 2.41. The molecular weight excluding hydrogens is 430 g/mol. The van der Waals surface area contributed by atoms with Crippen LogP contribution in [0.15, 0.2) is 12.1 Å². The highest BCUT2D eigenvalue weighted by Gasteiger charge is 2.49. The molecule has 1 saturated carbocycles. The Kier molecular flexibility index (Phi) is 6.27. The summed E-state index contributed by atoms with van der Waals surface area (Å²) in [5.41, 5.74) is 1.22. The van der Waals surface area contributed by atoms with Crippen LogP contribution in [0.25, 0.3) is 0 Å². The van der Waals surface area contributed by atoms with Crippen LogP contribution in [0.1, 0.15) is 36.2 Å². The summed E-state index contributed by atoms with van der Waals surface area (Å²) >= 11 is 6.38. The van der Waals surface area contributed by atoms with Gasteiger partial charge in [0.1, 0.15) is 5.69 Å². The molecular formula is C23H32ClN5O3. The Labute approximate surface area is 194 Å². The van der Waals surface area contributed by atoms with E-state index >= 15 is 0 Å². The van der Waals surface area contributed by atoms with Gasteiger partial charge in [0.15, 0.2) is 5.15 Å². The first-order chi connectivity index (χ1) is 15.5. The lowest BCUT2D eigenvalue weighted by Crippen LogP contribution is -2.58.